The summed E-state index contributed by atoms with van der Waals surface area (Å²) in [6.07, 6.45) is 3.83. The van der Waals surface area contributed by atoms with Gasteiger partial charge in [0.05, 0.1) is 0 Å². The first-order chi connectivity index (χ1) is 4.22. The molecule has 52 valence electrons. The van der Waals surface area contributed by atoms with Crippen molar-refractivity contribution in [3.63, 3.8) is 0 Å². The van der Waals surface area contributed by atoms with Crippen molar-refractivity contribution in [2.75, 3.05) is 4.93 Å². The second kappa shape index (κ2) is 3.18. The number of hydrogen-bond acceptors (Lipinski definition) is 1. The molecule has 0 unspecified atom stereocenters. The van der Waals surface area contributed by atoms with Crippen molar-refractivity contribution in [3.8, 4) is 0 Å². The molecule has 0 atom stereocenters. The van der Waals surface area contributed by atoms with Crippen LogP contribution < -0.4 is 0 Å². The number of aromatic nitrogens is 2. The van der Waals surface area contributed by atoms with E-state index in [2.05, 4.69) is 40.1 Å². The van der Waals surface area contributed by atoms with E-state index in [0.29, 0.717) is 0 Å². The molecule has 0 aromatic carbocycles. The van der Waals surface area contributed by atoms with Gasteiger partial charge in [-0.25, -0.2) is 0 Å². The molecule has 1 aromatic heterocycles. The van der Waals surface area contributed by atoms with E-state index in [1.54, 1.807) is 0 Å². The molecule has 9 heavy (non-hydrogen) atoms. The van der Waals surface area contributed by atoms with Crippen molar-refractivity contribution >= 4 is 34.5 Å². The summed E-state index contributed by atoms with van der Waals surface area (Å²) >= 11 is 1.72. The Bertz CT molecular complexity index is 195. The summed E-state index contributed by atoms with van der Waals surface area (Å²) in [6, 6.07) is 0. The Balaban J connectivity index is 2.94. The fourth-order valence-electron chi connectivity index (χ4n) is 0.592. The summed E-state index contributed by atoms with van der Waals surface area (Å²) in [6.45, 7) is 0. The second-order valence-electron chi connectivity index (χ2n) is 1.73. The number of imidazole rings is 1. The van der Waals surface area contributed by atoms with Crippen LogP contribution >= 0.6 is 34.5 Å². The molecule has 1 rings (SSSR count). The first-order valence-electron chi connectivity index (χ1n) is 2.44. The standard InChI is InChI=1S/C5H8I2N2/c1-7(6)5-3-8-4-9(5)2/h3-4H,1-2H3. The quantitative estimate of drug-likeness (QED) is 0.560. The van der Waals surface area contributed by atoms with Crippen LogP contribution in [0.3, 0.4) is 0 Å². The number of alkyl halides is 1. The van der Waals surface area contributed by atoms with Gasteiger partial charge in [-0.05, 0) is 0 Å². The van der Waals surface area contributed by atoms with Crippen LogP contribution in [0.5, 0.6) is 0 Å². The maximum absolute atomic E-state index is 4.04. The molecule has 0 aliphatic heterocycles. The van der Waals surface area contributed by atoms with Gasteiger partial charge in [-0.2, -0.15) is 0 Å². The molecule has 0 aliphatic rings. The Kier molecular flexibility index (Phi) is 2.74. The molecule has 1 heterocycles. The van der Waals surface area contributed by atoms with E-state index < -0.39 is 15.8 Å². The zero-order valence-corrected chi connectivity index (χ0v) is 9.62. The van der Waals surface area contributed by atoms with Gasteiger partial charge < -0.3 is 0 Å². The predicted octanol–water partition coefficient (Wildman–Crippen LogP) is 2.08. The Morgan fingerprint density at radius 3 is 2.67 bits per heavy atom. The van der Waals surface area contributed by atoms with Gasteiger partial charge in [0.25, 0.3) is 0 Å². The van der Waals surface area contributed by atoms with Crippen LogP contribution in [0, 0.1) is 3.70 Å². The molecule has 0 spiro atoms. The molecule has 1 aromatic rings. The predicted molar refractivity (Wildman–Crippen MR) is 55.9 cm³/mol. The second-order valence-corrected chi connectivity index (χ2v) is 13.3. The molecule has 0 saturated carbocycles. The third-order valence-corrected chi connectivity index (χ3v) is 6.39. The molecule has 0 saturated heterocycles. The summed E-state index contributed by atoms with van der Waals surface area (Å²) in [5, 5.41) is 0. The van der Waals surface area contributed by atoms with E-state index in [1.165, 1.54) is 3.70 Å². The molecule has 2 nitrogen and oxygen atoms in total. The topological polar surface area (TPSA) is 17.8 Å². The molecule has 0 N–H and O–H groups in total. The van der Waals surface area contributed by atoms with Crippen LogP contribution in [-0.4, -0.2) is 14.5 Å². The van der Waals surface area contributed by atoms with Crippen molar-refractivity contribution < 1.29 is 0 Å². The van der Waals surface area contributed by atoms with Crippen LogP contribution in [0.4, 0.5) is 0 Å². The Labute approximate surface area is 71.6 Å². The van der Waals surface area contributed by atoms with Gasteiger partial charge in [-0.3, -0.25) is 0 Å². The van der Waals surface area contributed by atoms with Crippen molar-refractivity contribution in [3.05, 3.63) is 16.2 Å². The number of aryl methyl sites for hydroxylation is 1. The van der Waals surface area contributed by atoms with Gasteiger partial charge in [0.2, 0.25) is 0 Å². The van der Waals surface area contributed by atoms with E-state index in [0.717, 1.165) is 0 Å². The van der Waals surface area contributed by atoms with Crippen LogP contribution in [0.1, 0.15) is 0 Å². The van der Waals surface area contributed by atoms with Crippen LogP contribution in [0.2, 0.25) is 0 Å². The number of hydrogen-bond donors (Lipinski definition) is 0. The monoisotopic (exact) mass is 350 g/mol. The minimum absolute atomic E-state index is 0.802. The summed E-state index contributed by atoms with van der Waals surface area (Å²) in [5.41, 5.74) is 0. The average Bonchev–Trinajstić information content (AvgIpc) is 2.13. The van der Waals surface area contributed by atoms with Gasteiger partial charge in [0, 0.05) is 0 Å². The van der Waals surface area contributed by atoms with Crippen LogP contribution in [0.25, 0.3) is 0 Å². The SMILES string of the molecule is Cn1cncc1I(C)I. The minimum atomic E-state index is -0.802. The molecular weight excluding hydrogens is 342 g/mol. The van der Waals surface area contributed by atoms with E-state index in [-0.39, 0.29) is 0 Å². The van der Waals surface area contributed by atoms with Crippen molar-refractivity contribution in [2.24, 2.45) is 7.05 Å². The molecular formula is C5H8I2N2. The summed E-state index contributed by atoms with van der Waals surface area (Å²) in [5.74, 6) is 0. The Morgan fingerprint density at radius 2 is 2.44 bits per heavy atom. The van der Waals surface area contributed by atoms with Gasteiger partial charge >= 0.3 is 72.2 Å². The molecule has 0 amide bonds. The zero-order chi connectivity index (χ0) is 6.85. The normalized spacial score (nSPS) is 11.7. The third-order valence-electron chi connectivity index (χ3n) is 1.02. The van der Waals surface area contributed by atoms with Gasteiger partial charge in [0.15, 0.2) is 0 Å². The fourth-order valence-corrected chi connectivity index (χ4v) is 4.95. The number of halogens is 2. The summed E-state index contributed by atoms with van der Waals surface area (Å²) in [7, 11) is 2.05. The molecule has 0 aliphatic carbocycles. The van der Waals surface area contributed by atoms with Crippen LogP contribution in [0.15, 0.2) is 12.5 Å². The first-order valence-corrected chi connectivity index (χ1v) is 12.0. The van der Waals surface area contributed by atoms with Gasteiger partial charge in [-0.1, -0.05) is 0 Å². The Morgan fingerprint density at radius 1 is 1.78 bits per heavy atom. The van der Waals surface area contributed by atoms with Crippen molar-refractivity contribution in [1.82, 2.24) is 9.55 Å². The van der Waals surface area contributed by atoms with Crippen LogP contribution in [-0.2, 0) is 7.05 Å². The fraction of sp³-hybridized carbons (Fsp3) is 0.400. The zero-order valence-electron chi connectivity index (χ0n) is 5.31. The summed E-state index contributed by atoms with van der Waals surface area (Å²) in [4.78, 5) is 6.35. The Hall–Kier alpha value is 0.670. The molecule has 4 heteroatoms. The first kappa shape index (κ1) is 7.77. The van der Waals surface area contributed by atoms with E-state index in [4.69, 9.17) is 0 Å². The molecule has 0 fully saturated rings. The summed E-state index contributed by atoms with van der Waals surface area (Å²) < 4.78 is 3.54. The molecule has 0 bridgehead atoms. The van der Waals surface area contributed by atoms with E-state index >= 15 is 0 Å². The van der Waals surface area contributed by atoms with Crippen molar-refractivity contribution in [2.45, 2.75) is 0 Å². The average molecular weight is 350 g/mol. The number of nitrogens with zero attached hydrogens (tertiary/aromatic N) is 2. The van der Waals surface area contributed by atoms with Gasteiger partial charge in [-0.15, -0.1) is 0 Å². The van der Waals surface area contributed by atoms with E-state index in [9.17, 15) is 0 Å². The third kappa shape index (κ3) is 1.79. The van der Waals surface area contributed by atoms with E-state index in [1.807, 2.05) is 12.5 Å². The van der Waals surface area contributed by atoms with Gasteiger partial charge in [0.1, 0.15) is 0 Å². The van der Waals surface area contributed by atoms with Crippen molar-refractivity contribution in [1.29, 1.82) is 0 Å². The molecule has 0 radical (unpaired) electrons. The maximum atomic E-state index is 4.04. The number of rotatable bonds is 1.